The van der Waals surface area contributed by atoms with Crippen molar-refractivity contribution in [2.24, 2.45) is 0 Å². The summed E-state index contributed by atoms with van der Waals surface area (Å²) in [7, 11) is 0. The fraction of sp³-hybridized carbons (Fsp3) is 0. The summed E-state index contributed by atoms with van der Waals surface area (Å²) in [6.45, 7) is 0. The standard InChI is InChI=1S/C7H3BrFIO2/c8-3-1-2-4(9)5(6(3)10)7(11)12/h1-2H,(H,11,12). The van der Waals surface area contributed by atoms with Crippen molar-refractivity contribution in [3.05, 3.63) is 31.6 Å². The van der Waals surface area contributed by atoms with Gasteiger partial charge in [0.05, 0.1) is 0 Å². The number of halogens is 3. The van der Waals surface area contributed by atoms with Gasteiger partial charge in [-0.25, -0.2) is 9.18 Å². The van der Waals surface area contributed by atoms with Gasteiger partial charge in [-0.2, -0.15) is 0 Å². The summed E-state index contributed by atoms with van der Waals surface area (Å²) < 4.78 is 13.8. The zero-order chi connectivity index (χ0) is 9.30. The third kappa shape index (κ3) is 1.77. The van der Waals surface area contributed by atoms with Crippen LogP contribution in [0.2, 0.25) is 0 Å². The quantitative estimate of drug-likeness (QED) is 0.628. The van der Waals surface area contributed by atoms with Crippen LogP contribution in [0.15, 0.2) is 16.6 Å². The van der Waals surface area contributed by atoms with Gasteiger partial charge in [0.15, 0.2) is 0 Å². The zero-order valence-electron chi connectivity index (χ0n) is 5.64. The second-order valence-corrected chi connectivity index (χ2v) is 3.96. The van der Waals surface area contributed by atoms with Crippen LogP contribution in [0.3, 0.4) is 0 Å². The van der Waals surface area contributed by atoms with Crippen molar-refractivity contribution in [2.45, 2.75) is 0 Å². The van der Waals surface area contributed by atoms with Crippen LogP contribution in [-0.4, -0.2) is 11.1 Å². The molecule has 12 heavy (non-hydrogen) atoms. The molecule has 1 rings (SSSR count). The summed E-state index contributed by atoms with van der Waals surface area (Å²) in [4.78, 5) is 10.5. The van der Waals surface area contributed by atoms with Gasteiger partial charge >= 0.3 is 5.97 Å². The molecule has 0 saturated heterocycles. The minimum atomic E-state index is -1.25. The second kappa shape index (κ2) is 3.69. The first-order chi connectivity index (χ1) is 5.54. The molecule has 5 heteroatoms. The third-order valence-corrected chi connectivity index (χ3v) is 3.78. The van der Waals surface area contributed by atoms with Gasteiger partial charge in [0.1, 0.15) is 11.4 Å². The molecule has 0 spiro atoms. The minimum Gasteiger partial charge on any atom is -0.478 e. The Morgan fingerprint density at radius 2 is 2.17 bits per heavy atom. The molecule has 0 saturated carbocycles. The Morgan fingerprint density at radius 3 is 2.58 bits per heavy atom. The Hall–Kier alpha value is -0.170. The number of benzene rings is 1. The highest BCUT2D eigenvalue weighted by Gasteiger charge is 2.16. The summed E-state index contributed by atoms with van der Waals surface area (Å²) in [5.41, 5.74) is -0.287. The van der Waals surface area contributed by atoms with Crippen LogP contribution in [0.4, 0.5) is 4.39 Å². The maximum absolute atomic E-state index is 12.9. The molecule has 0 unspecified atom stereocenters. The molecule has 0 atom stereocenters. The van der Waals surface area contributed by atoms with Crippen molar-refractivity contribution in [3.63, 3.8) is 0 Å². The van der Waals surface area contributed by atoms with Crippen molar-refractivity contribution >= 4 is 44.5 Å². The molecule has 1 aromatic rings. The van der Waals surface area contributed by atoms with Gasteiger partial charge < -0.3 is 5.11 Å². The number of carboxylic acid groups (broad SMARTS) is 1. The molecule has 0 aliphatic heterocycles. The molecule has 2 nitrogen and oxygen atoms in total. The Labute approximate surface area is 90.0 Å². The molecule has 64 valence electrons. The SMILES string of the molecule is O=C(O)c1c(F)ccc(Br)c1I. The topological polar surface area (TPSA) is 37.3 Å². The van der Waals surface area contributed by atoms with Crippen molar-refractivity contribution in [3.8, 4) is 0 Å². The number of aromatic carboxylic acids is 1. The van der Waals surface area contributed by atoms with Gasteiger partial charge in [-0.05, 0) is 50.7 Å². The van der Waals surface area contributed by atoms with Crippen LogP contribution < -0.4 is 0 Å². The average Bonchev–Trinajstić information content (AvgIpc) is 1.97. The molecule has 0 bridgehead atoms. The lowest BCUT2D eigenvalue weighted by atomic mass is 10.2. The van der Waals surface area contributed by atoms with Crippen LogP contribution in [0, 0.1) is 9.39 Å². The van der Waals surface area contributed by atoms with Gasteiger partial charge in [-0.3, -0.25) is 0 Å². The lowest BCUT2D eigenvalue weighted by molar-refractivity contribution is 0.0690. The van der Waals surface area contributed by atoms with Gasteiger partial charge in [0.2, 0.25) is 0 Å². The van der Waals surface area contributed by atoms with E-state index in [-0.39, 0.29) is 5.56 Å². The zero-order valence-corrected chi connectivity index (χ0v) is 9.39. The monoisotopic (exact) mass is 344 g/mol. The molecule has 1 aromatic carbocycles. The lowest BCUT2D eigenvalue weighted by Gasteiger charge is -2.01. The van der Waals surface area contributed by atoms with E-state index in [1.807, 2.05) is 0 Å². The predicted molar refractivity (Wildman–Crippen MR) is 53.8 cm³/mol. The molecule has 0 amide bonds. The van der Waals surface area contributed by atoms with Gasteiger partial charge in [0.25, 0.3) is 0 Å². The first-order valence-corrected chi connectivity index (χ1v) is 4.78. The fourth-order valence-electron chi connectivity index (χ4n) is 0.723. The highest BCUT2D eigenvalue weighted by atomic mass is 127. The van der Waals surface area contributed by atoms with E-state index in [1.165, 1.54) is 6.07 Å². The smallest absolute Gasteiger partial charge is 0.339 e. The van der Waals surface area contributed by atoms with E-state index in [9.17, 15) is 9.18 Å². The third-order valence-electron chi connectivity index (χ3n) is 1.26. The maximum Gasteiger partial charge on any atom is 0.339 e. The summed E-state index contributed by atoms with van der Waals surface area (Å²) in [6, 6.07) is 2.60. The molecule has 0 radical (unpaired) electrons. The molecule has 0 heterocycles. The van der Waals surface area contributed by atoms with E-state index in [1.54, 1.807) is 22.6 Å². The normalized spacial score (nSPS) is 9.92. The molecule has 0 aliphatic rings. The molecular formula is C7H3BrFIO2. The first kappa shape index (κ1) is 9.91. The van der Waals surface area contributed by atoms with Crippen LogP contribution in [0.25, 0.3) is 0 Å². The van der Waals surface area contributed by atoms with E-state index in [0.29, 0.717) is 8.04 Å². The van der Waals surface area contributed by atoms with E-state index in [0.717, 1.165) is 6.07 Å². The fourth-order valence-corrected chi connectivity index (χ4v) is 1.72. The molecule has 1 N–H and O–H groups in total. The Bertz CT molecular complexity index is 340. The van der Waals surface area contributed by atoms with E-state index >= 15 is 0 Å². The minimum absolute atomic E-state index is 0.287. The first-order valence-electron chi connectivity index (χ1n) is 2.91. The van der Waals surface area contributed by atoms with Crippen LogP contribution in [0.5, 0.6) is 0 Å². The Morgan fingerprint density at radius 1 is 1.58 bits per heavy atom. The highest BCUT2D eigenvalue weighted by molar-refractivity contribution is 14.1. The lowest BCUT2D eigenvalue weighted by Crippen LogP contribution is -2.03. The number of carboxylic acids is 1. The van der Waals surface area contributed by atoms with Crippen LogP contribution in [0.1, 0.15) is 10.4 Å². The maximum atomic E-state index is 12.9. The van der Waals surface area contributed by atoms with Crippen molar-refractivity contribution in [2.75, 3.05) is 0 Å². The predicted octanol–water partition coefficient (Wildman–Crippen LogP) is 2.89. The van der Waals surface area contributed by atoms with Crippen molar-refractivity contribution in [1.82, 2.24) is 0 Å². The van der Waals surface area contributed by atoms with Gasteiger partial charge in [-0.1, -0.05) is 0 Å². The van der Waals surface area contributed by atoms with Crippen LogP contribution >= 0.6 is 38.5 Å². The molecular weight excluding hydrogens is 342 g/mol. The van der Waals surface area contributed by atoms with Gasteiger partial charge in [-0.15, -0.1) is 0 Å². The molecule has 0 fully saturated rings. The van der Waals surface area contributed by atoms with Crippen molar-refractivity contribution < 1.29 is 14.3 Å². The number of rotatable bonds is 1. The number of hydrogen-bond acceptors (Lipinski definition) is 1. The van der Waals surface area contributed by atoms with Gasteiger partial charge in [0, 0.05) is 8.04 Å². The van der Waals surface area contributed by atoms with E-state index < -0.39 is 11.8 Å². The van der Waals surface area contributed by atoms with Crippen LogP contribution in [-0.2, 0) is 0 Å². The summed E-state index contributed by atoms with van der Waals surface area (Å²) in [5, 5.41) is 8.61. The highest BCUT2D eigenvalue weighted by Crippen LogP contribution is 2.24. The molecule has 0 aliphatic carbocycles. The number of carbonyl (C=O) groups is 1. The second-order valence-electron chi connectivity index (χ2n) is 2.02. The number of hydrogen-bond donors (Lipinski definition) is 1. The van der Waals surface area contributed by atoms with E-state index in [4.69, 9.17) is 5.11 Å². The van der Waals surface area contributed by atoms with E-state index in [2.05, 4.69) is 15.9 Å². The van der Waals surface area contributed by atoms with Crippen molar-refractivity contribution in [1.29, 1.82) is 0 Å². The Balaban J connectivity index is 3.43. The summed E-state index contributed by atoms with van der Waals surface area (Å²) in [6.07, 6.45) is 0. The Kier molecular flexibility index (Phi) is 3.05. The summed E-state index contributed by atoms with van der Waals surface area (Å²) in [5.74, 6) is -1.96. The largest absolute Gasteiger partial charge is 0.478 e. The summed E-state index contributed by atoms with van der Waals surface area (Å²) >= 11 is 4.89. The molecule has 0 aromatic heterocycles. The average molecular weight is 345 g/mol.